The number of benzene rings is 2. The predicted molar refractivity (Wildman–Crippen MR) is 105 cm³/mol. The highest BCUT2D eigenvalue weighted by atomic mass is 35.5. The van der Waals surface area contributed by atoms with Gasteiger partial charge in [0.15, 0.2) is 0 Å². The van der Waals surface area contributed by atoms with Crippen LogP contribution < -0.4 is 10.9 Å². The summed E-state index contributed by atoms with van der Waals surface area (Å²) >= 11 is 6.22. The molecule has 7 heteroatoms. The Kier molecular flexibility index (Phi) is 4.23. The summed E-state index contributed by atoms with van der Waals surface area (Å²) in [6, 6.07) is 13.2. The highest BCUT2D eigenvalue weighted by Gasteiger charge is 2.48. The number of hydrogen-bond donors (Lipinski definition) is 1. The number of hydrogen-bond acceptors (Lipinski definition) is 4. The topological polar surface area (TPSA) is 79.6 Å². The zero-order valence-electron chi connectivity index (χ0n) is 15.3. The summed E-state index contributed by atoms with van der Waals surface area (Å²) in [5, 5.41) is 3.86. The van der Waals surface area contributed by atoms with E-state index in [4.69, 9.17) is 16.0 Å². The van der Waals surface area contributed by atoms with Crippen molar-refractivity contribution in [1.29, 1.82) is 0 Å². The van der Waals surface area contributed by atoms with E-state index in [0.29, 0.717) is 27.1 Å². The Hall–Kier alpha value is -3.12. The van der Waals surface area contributed by atoms with Crippen LogP contribution in [0, 0.1) is 6.92 Å². The molecule has 3 amide bonds. The summed E-state index contributed by atoms with van der Waals surface area (Å²) < 4.78 is 5.25. The molecule has 4 rings (SSSR count). The molecule has 1 atom stereocenters. The molecule has 1 saturated heterocycles. The van der Waals surface area contributed by atoms with Crippen LogP contribution in [0.25, 0.3) is 11.0 Å². The van der Waals surface area contributed by atoms with E-state index in [2.05, 4.69) is 5.32 Å². The number of halogens is 1. The number of rotatable bonds is 3. The fourth-order valence-electron chi connectivity index (χ4n) is 3.46. The van der Waals surface area contributed by atoms with Gasteiger partial charge in [-0.05, 0) is 42.7 Å². The van der Waals surface area contributed by atoms with Crippen LogP contribution in [0.2, 0.25) is 5.02 Å². The Morgan fingerprint density at radius 3 is 2.54 bits per heavy atom. The molecule has 0 unspecified atom stereocenters. The first-order chi connectivity index (χ1) is 13.3. The van der Waals surface area contributed by atoms with Crippen LogP contribution in [0.3, 0.4) is 0 Å². The number of imide groups is 1. The van der Waals surface area contributed by atoms with E-state index in [1.807, 2.05) is 18.2 Å². The Labute approximate surface area is 165 Å². The molecule has 0 spiro atoms. The van der Waals surface area contributed by atoms with Gasteiger partial charge in [0.25, 0.3) is 5.91 Å². The number of nitrogens with one attached hydrogen (secondary N) is 1. The summed E-state index contributed by atoms with van der Waals surface area (Å²) in [5.74, 6) is -0.386. The molecule has 0 aliphatic carbocycles. The molecule has 0 bridgehead atoms. The Bertz CT molecular complexity index is 1170. The zero-order valence-corrected chi connectivity index (χ0v) is 16.0. The maximum absolute atomic E-state index is 13.1. The largest absolute Gasteiger partial charge is 0.423 e. The predicted octanol–water partition coefficient (Wildman–Crippen LogP) is 3.72. The quantitative estimate of drug-likeness (QED) is 0.540. The number of carbonyl (C=O) groups excluding carboxylic acids is 2. The molecule has 142 valence electrons. The molecule has 1 aliphatic heterocycles. The fraction of sp³-hybridized carbons (Fsp3) is 0.190. The molecule has 1 fully saturated rings. The first kappa shape index (κ1) is 18.3. The number of nitrogens with zero attached hydrogens (tertiary/aromatic N) is 1. The number of urea groups is 1. The van der Waals surface area contributed by atoms with E-state index < -0.39 is 17.2 Å². The van der Waals surface area contributed by atoms with Gasteiger partial charge in [0.2, 0.25) is 0 Å². The van der Waals surface area contributed by atoms with Gasteiger partial charge in [-0.3, -0.25) is 9.69 Å². The van der Waals surface area contributed by atoms with E-state index >= 15 is 0 Å². The lowest BCUT2D eigenvalue weighted by Gasteiger charge is -2.22. The van der Waals surface area contributed by atoms with Crippen molar-refractivity contribution in [2.75, 3.05) is 0 Å². The SMILES string of the molecule is Cc1cc2oc(=O)cc(CN3C(=O)N[C@@](C)(c4ccccc4)C3=O)c2cc1Cl. The van der Waals surface area contributed by atoms with E-state index in [1.54, 1.807) is 38.1 Å². The maximum Gasteiger partial charge on any atom is 0.336 e. The summed E-state index contributed by atoms with van der Waals surface area (Å²) in [7, 11) is 0. The van der Waals surface area contributed by atoms with Crippen LogP contribution in [0.5, 0.6) is 0 Å². The van der Waals surface area contributed by atoms with Gasteiger partial charge in [-0.25, -0.2) is 9.59 Å². The van der Waals surface area contributed by atoms with Crippen molar-refractivity contribution in [2.24, 2.45) is 0 Å². The van der Waals surface area contributed by atoms with Crippen molar-refractivity contribution < 1.29 is 14.0 Å². The Morgan fingerprint density at radius 1 is 1.11 bits per heavy atom. The van der Waals surface area contributed by atoms with Gasteiger partial charge in [-0.2, -0.15) is 0 Å². The van der Waals surface area contributed by atoms with Crippen LogP contribution in [0.15, 0.2) is 57.7 Å². The lowest BCUT2D eigenvalue weighted by Crippen LogP contribution is -2.40. The summed E-state index contributed by atoms with van der Waals surface area (Å²) in [6.45, 7) is 3.41. The number of aryl methyl sites for hydroxylation is 1. The third-order valence-corrected chi connectivity index (χ3v) is 5.47. The molecule has 1 N–H and O–H groups in total. The maximum atomic E-state index is 13.1. The lowest BCUT2D eigenvalue weighted by molar-refractivity contribution is -0.131. The van der Waals surface area contributed by atoms with Crippen molar-refractivity contribution in [3.8, 4) is 0 Å². The zero-order chi connectivity index (χ0) is 20.1. The molecule has 2 heterocycles. The van der Waals surface area contributed by atoms with Gasteiger partial charge in [-0.1, -0.05) is 41.9 Å². The van der Waals surface area contributed by atoms with Crippen LogP contribution in [-0.2, 0) is 16.9 Å². The smallest absolute Gasteiger partial charge is 0.336 e. The monoisotopic (exact) mass is 396 g/mol. The Balaban J connectivity index is 1.76. The molecule has 28 heavy (non-hydrogen) atoms. The van der Waals surface area contributed by atoms with Crippen molar-refractivity contribution in [2.45, 2.75) is 25.9 Å². The van der Waals surface area contributed by atoms with Crippen molar-refractivity contribution in [1.82, 2.24) is 10.2 Å². The van der Waals surface area contributed by atoms with Crippen LogP contribution in [-0.4, -0.2) is 16.8 Å². The third kappa shape index (κ3) is 2.86. The van der Waals surface area contributed by atoms with E-state index in [9.17, 15) is 14.4 Å². The second-order valence-electron chi connectivity index (χ2n) is 7.00. The van der Waals surface area contributed by atoms with E-state index in [1.165, 1.54) is 6.07 Å². The highest BCUT2D eigenvalue weighted by molar-refractivity contribution is 6.32. The van der Waals surface area contributed by atoms with E-state index in [-0.39, 0.29) is 12.5 Å². The average Bonchev–Trinajstić information content (AvgIpc) is 2.88. The average molecular weight is 397 g/mol. The minimum Gasteiger partial charge on any atom is -0.423 e. The summed E-state index contributed by atoms with van der Waals surface area (Å²) in [6.07, 6.45) is 0. The molecule has 2 aromatic carbocycles. The molecule has 3 aromatic rings. The molecule has 1 aliphatic rings. The second-order valence-corrected chi connectivity index (χ2v) is 7.41. The van der Waals surface area contributed by atoms with Crippen molar-refractivity contribution >= 4 is 34.5 Å². The minimum atomic E-state index is -1.16. The van der Waals surface area contributed by atoms with Crippen LogP contribution in [0.4, 0.5) is 4.79 Å². The van der Waals surface area contributed by atoms with Crippen molar-refractivity contribution in [3.05, 3.63) is 80.7 Å². The highest BCUT2D eigenvalue weighted by Crippen LogP contribution is 2.31. The molecular weight excluding hydrogens is 380 g/mol. The second kappa shape index (κ2) is 6.49. The minimum absolute atomic E-state index is 0.0609. The van der Waals surface area contributed by atoms with Crippen LogP contribution >= 0.6 is 11.6 Å². The van der Waals surface area contributed by atoms with Gasteiger partial charge in [0.1, 0.15) is 11.1 Å². The normalized spacial score (nSPS) is 19.3. The number of carbonyl (C=O) groups is 2. The van der Waals surface area contributed by atoms with E-state index in [0.717, 1.165) is 10.5 Å². The lowest BCUT2D eigenvalue weighted by atomic mass is 9.92. The van der Waals surface area contributed by atoms with Gasteiger partial charge >= 0.3 is 11.7 Å². The molecular formula is C21H17ClN2O4. The Morgan fingerprint density at radius 2 is 1.82 bits per heavy atom. The molecule has 1 aromatic heterocycles. The standard InChI is InChI=1S/C21H17ClN2O4/c1-12-8-17-15(10-16(12)22)13(9-18(25)28-17)11-24-19(26)21(2,23-20(24)27)14-6-4-3-5-7-14/h3-10H,11H2,1-2H3,(H,23,27)/t21-/m0/s1. The van der Waals surface area contributed by atoms with Gasteiger partial charge in [0.05, 0.1) is 6.54 Å². The summed E-state index contributed by atoms with van der Waals surface area (Å²) in [5.41, 5.74) is 0.591. The molecule has 0 saturated carbocycles. The van der Waals surface area contributed by atoms with Crippen LogP contribution in [0.1, 0.15) is 23.6 Å². The first-order valence-corrected chi connectivity index (χ1v) is 9.10. The molecule has 0 radical (unpaired) electrons. The summed E-state index contributed by atoms with van der Waals surface area (Å²) in [4.78, 5) is 38.8. The van der Waals surface area contributed by atoms with Gasteiger partial charge in [0, 0.05) is 16.5 Å². The van der Waals surface area contributed by atoms with Gasteiger partial charge < -0.3 is 9.73 Å². The fourth-order valence-corrected chi connectivity index (χ4v) is 3.62. The number of fused-ring (bicyclic) bond motifs is 1. The molecule has 6 nitrogen and oxygen atoms in total. The third-order valence-electron chi connectivity index (χ3n) is 5.06. The first-order valence-electron chi connectivity index (χ1n) is 8.72. The number of amides is 3. The van der Waals surface area contributed by atoms with Crippen molar-refractivity contribution in [3.63, 3.8) is 0 Å². The van der Waals surface area contributed by atoms with Gasteiger partial charge in [-0.15, -0.1) is 0 Å².